The molecule has 1 N–H and O–H groups in total. The molecule has 7 nitrogen and oxygen atoms in total. The number of nitrogens with one attached hydrogen (secondary N) is 1. The summed E-state index contributed by atoms with van der Waals surface area (Å²) in [6, 6.07) is 24.3. The summed E-state index contributed by atoms with van der Waals surface area (Å²) in [5.41, 5.74) is 3.28. The molecule has 5 aromatic rings. The minimum Gasteiger partial charge on any atom is -0.459 e. The van der Waals surface area contributed by atoms with Crippen LogP contribution in [0.3, 0.4) is 0 Å². The summed E-state index contributed by atoms with van der Waals surface area (Å²) in [6.45, 7) is 5.40. The van der Waals surface area contributed by atoms with Crippen LogP contribution in [0.5, 0.6) is 0 Å². The lowest BCUT2D eigenvalue weighted by Gasteiger charge is -2.23. The normalized spacial score (nSPS) is 11.3. The lowest BCUT2D eigenvalue weighted by Crippen LogP contribution is -2.25. The molecule has 0 bridgehead atoms. The molecule has 0 saturated carbocycles. The van der Waals surface area contributed by atoms with Gasteiger partial charge >= 0.3 is 5.97 Å². The van der Waals surface area contributed by atoms with Gasteiger partial charge in [-0.25, -0.2) is 13.6 Å². The summed E-state index contributed by atoms with van der Waals surface area (Å²) >= 11 is 0. The number of benzene rings is 4. The van der Waals surface area contributed by atoms with Gasteiger partial charge in [0.2, 0.25) is 11.3 Å². The van der Waals surface area contributed by atoms with Crippen LogP contribution >= 0.6 is 0 Å². The van der Waals surface area contributed by atoms with Crippen LogP contribution in [0, 0.1) is 11.6 Å². The van der Waals surface area contributed by atoms with Crippen LogP contribution < -0.4 is 10.7 Å². The third kappa shape index (κ3) is 7.21. The molecule has 0 aliphatic rings. The second-order valence-electron chi connectivity index (χ2n) is 11.6. The molecule has 0 aliphatic carbocycles. The van der Waals surface area contributed by atoms with E-state index in [2.05, 4.69) is 10.2 Å². The quantitative estimate of drug-likeness (QED) is 0.167. The van der Waals surface area contributed by atoms with Crippen molar-refractivity contribution < 1.29 is 23.1 Å². The molecule has 1 amide bonds. The fourth-order valence-corrected chi connectivity index (χ4v) is 5.55. The zero-order chi connectivity index (χ0) is 33.0. The maximum absolute atomic E-state index is 14.9. The average molecular weight is 624 g/mol. The van der Waals surface area contributed by atoms with Crippen molar-refractivity contribution in [2.24, 2.45) is 0 Å². The molecule has 0 radical (unpaired) electrons. The van der Waals surface area contributed by atoms with E-state index in [1.54, 1.807) is 32.0 Å². The largest absolute Gasteiger partial charge is 0.459 e. The number of anilines is 1. The first-order chi connectivity index (χ1) is 22.0. The van der Waals surface area contributed by atoms with Gasteiger partial charge in [-0.05, 0) is 73.5 Å². The van der Waals surface area contributed by atoms with Crippen LogP contribution in [-0.2, 0) is 29.2 Å². The number of pyridine rings is 1. The summed E-state index contributed by atoms with van der Waals surface area (Å²) in [4.78, 5) is 41.2. The van der Waals surface area contributed by atoms with Crippen molar-refractivity contribution in [2.75, 3.05) is 12.4 Å². The number of esters is 1. The monoisotopic (exact) mass is 623 g/mol. The maximum Gasteiger partial charge on any atom is 0.343 e. The maximum atomic E-state index is 14.9. The Kier molecular flexibility index (Phi) is 9.72. The minimum atomic E-state index is -0.821. The number of rotatable bonds is 10. The van der Waals surface area contributed by atoms with E-state index in [1.165, 1.54) is 35.9 Å². The van der Waals surface area contributed by atoms with Crippen LogP contribution in [0.1, 0.15) is 47.8 Å². The lowest BCUT2D eigenvalue weighted by atomic mass is 9.94. The Bertz CT molecular complexity index is 1930. The fraction of sp³-hybridized carbons (Fsp3) is 0.216. The van der Waals surface area contributed by atoms with Crippen molar-refractivity contribution in [1.29, 1.82) is 0 Å². The predicted molar refractivity (Wildman–Crippen MR) is 176 cm³/mol. The molecule has 5 rings (SSSR count). The number of hydrogen-bond donors (Lipinski definition) is 1. The van der Waals surface area contributed by atoms with Gasteiger partial charge in [0.25, 0.3) is 0 Å². The lowest BCUT2D eigenvalue weighted by molar-refractivity contribution is -0.114. The summed E-state index contributed by atoms with van der Waals surface area (Å²) in [5.74, 6) is -2.50. The molecule has 1 aromatic heterocycles. The van der Waals surface area contributed by atoms with Crippen LogP contribution in [0.25, 0.3) is 22.0 Å². The van der Waals surface area contributed by atoms with E-state index in [1.807, 2.05) is 55.6 Å². The number of carbonyl (C=O) groups excluding carboxylic acids is 2. The Balaban J connectivity index is 1.75. The Morgan fingerprint density at radius 3 is 2.17 bits per heavy atom. The Morgan fingerprint density at radius 2 is 1.54 bits per heavy atom. The molecule has 0 aliphatic heterocycles. The van der Waals surface area contributed by atoms with Crippen LogP contribution in [0.15, 0.2) is 95.9 Å². The van der Waals surface area contributed by atoms with E-state index >= 15 is 0 Å². The second kappa shape index (κ2) is 13.9. The Morgan fingerprint density at radius 1 is 0.870 bits per heavy atom. The first-order valence-electron chi connectivity index (χ1n) is 14.9. The van der Waals surface area contributed by atoms with Gasteiger partial charge in [0.15, 0.2) is 0 Å². The van der Waals surface area contributed by atoms with Crippen molar-refractivity contribution in [2.45, 2.75) is 46.5 Å². The highest BCUT2D eigenvalue weighted by Gasteiger charge is 2.23. The molecule has 0 spiro atoms. The topological polar surface area (TPSA) is 80.6 Å². The molecule has 1 heterocycles. The highest BCUT2D eigenvalue weighted by molar-refractivity contribution is 5.97. The van der Waals surface area contributed by atoms with Gasteiger partial charge < -0.3 is 14.6 Å². The third-order valence-electron chi connectivity index (χ3n) is 7.55. The summed E-state index contributed by atoms with van der Waals surface area (Å²) < 4.78 is 36.7. The molecule has 0 saturated heterocycles. The first-order valence-corrected chi connectivity index (χ1v) is 14.9. The van der Waals surface area contributed by atoms with Gasteiger partial charge in [-0.15, -0.1) is 0 Å². The number of carbonyl (C=O) groups is 2. The van der Waals surface area contributed by atoms with E-state index in [0.29, 0.717) is 29.9 Å². The van der Waals surface area contributed by atoms with E-state index in [4.69, 9.17) is 4.74 Å². The van der Waals surface area contributed by atoms with Gasteiger partial charge in [0, 0.05) is 37.5 Å². The molecule has 9 heteroatoms. The van der Waals surface area contributed by atoms with Gasteiger partial charge in [0.05, 0.1) is 23.6 Å². The Labute approximate surface area is 266 Å². The summed E-state index contributed by atoms with van der Waals surface area (Å²) in [7, 11) is 1.93. The number of ether oxygens (including phenoxy) is 1. The van der Waals surface area contributed by atoms with Crippen molar-refractivity contribution in [3.63, 3.8) is 0 Å². The fourth-order valence-electron chi connectivity index (χ4n) is 5.55. The van der Waals surface area contributed by atoms with Gasteiger partial charge in [0.1, 0.15) is 17.2 Å². The van der Waals surface area contributed by atoms with Gasteiger partial charge in [-0.2, -0.15) is 0 Å². The molecule has 0 unspecified atom stereocenters. The van der Waals surface area contributed by atoms with E-state index in [9.17, 15) is 23.2 Å². The smallest absolute Gasteiger partial charge is 0.343 e. The van der Waals surface area contributed by atoms with E-state index < -0.39 is 29.1 Å². The first kappa shape index (κ1) is 32.2. The Hall–Kier alpha value is -5.15. The molecular formula is C37H35F2N3O4. The number of fused-ring (bicyclic) bond motifs is 1. The molecule has 46 heavy (non-hydrogen) atoms. The summed E-state index contributed by atoms with van der Waals surface area (Å²) in [6.07, 6.45) is 0.825. The molecule has 4 aromatic carbocycles. The highest BCUT2D eigenvalue weighted by Crippen LogP contribution is 2.32. The van der Waals surface area contributed by atoms with Crippen molar-refractivity contribution in [3.05, 3.63) is 135 Å². The van der Waals surface area contributed by atoms with Crippen LogP contribution in [-0.4, -0.2) is 34.5 Å². The summed E-state index contributed by atoms with van der Waals surface area (Å²) in [5, 5.41) is 3.01. The zero-order valence-electron chi connectivity index (χ0n) is 26.1. The zero-order valence-corrected chi connectivity index (χ0v) is 26.1. The van der Waals surface area contributed by atoms with E-state index in [-0.39, 0.29) is 29.0 Å². The number of aromatic nitrogens is 1. The van der Waals surface area contributed by atoms with Gasteiger partial charge in [-0.1, -0.05) is 54.6 Å². The number of halogens is 2. The predicted octanol–water partition coefficient (Wildman–Crippen LogP) is 7.15. The van der Waals surface area contributed by atoms with Crippen molar-refractivity contribution in [1.82, 2.24) is 9.47 Å². The number of amides is 1. The van der Waals surface area contributed by atoms with Crippen LogP contribution in [0.4, 0.5) is 14.5 Å². The third-order valence-corrected chi connectivity index (χ3v) is 7.55. The molecule has 0 atom stereocenters. The molecular weight excluding hydrogens is 588 g/mol. The standard InChI is InChI=1S/C37H35F2N3O4/c1-23(2)46-37(45)31-22-42(21-30-32(38)11-8-12-33(30)39)34-18-17-28(26-13-15-27(16-14-26)40-24(3)43)29(35(34)36(31)44)20-41(4)19-25-9-6-5-7-10-25/h5-18,22-23H,19-21H2,1-4H3,(H,40,43). The average Bonchev–Trinajstić information content (AvgIpc) is 3.00. The van der Waals surface area contributed by atoms with Crippen LogP contribution in [0.2, 0.25) is 0 Å². The van der Waals surface area contributed by atoms with Crippen molar-refractivity contribution in [3.8, 4) is 11.1 Å². The highest BCUT2D eigenvalue weighted by atomic mass is 19.1. The molecule has 0 fully saturated rings. The second-order valence-corrected chi connectivity index (χ2v) is 11.6. The number of hydrogen-bond acceptors (Lipinski definition) is 5. The number of nitrogens with zero attached hydrogens (tertiary/aromatic N) is 2. The van der Waals surface area contributed by atoms with Crippen molar-refractivity contribution >= 4 is 28.5 Å². The van der Waals surface area contributed by atoms with E-state index in [0.717, 1.165) is 16.7 Å². The minimum absolute atomic E-state index is 0.198. The van der Waals surface area contributed by atoms with Gasteiger partial charge in [-0.3, -0.25) is 14.5 Å². The SMILES string of the molecule is CC(=O)Nc1ccc(-c2ccc3c(c2CN(C)Cc2ccccc2)c(=O)c(C(=O)OC(C)C)cn3Cc2c(F)cccc2F)cc1. The molecule has 236 valence electrons.